The fourth-order valence-electron chi connectivity index (χ4n) is 7.22. The van der Waals surface area contributed by atoms with E-state index in [0.717, 1.165) is 55.4 Å². The minimum atomic E-state index is -0.912. The standard InChI is InChI=1S/C43H27N3O2/c47-42-34-17-10-20-37(39(34)43(48)38(42)29-23-21-28(22-24-29)27-11-2-1-3-12-27)46-40-30(13-8-15-32(40)35-18-4-6-25-44-35)31-14-9-16-33(41(31)46)36-19-5-7-26-45-36/h1-26,38H. The number of carbonyl (C=O) groups excluding carboxylic acids is 2. The third-order valence-electron chi connectivity index (χ3n) is 9.36. The van der Waals surface area contributed by atoms with Crippen molar-refractivity contribution < 1.29 is 9.59 Å². The molecule has 0 spiro atoms. The lowest BCUT2D eigenvalue weighted by atomic mass is 9.92. The van der Waals surface area contributed by atoms with Crippen LogP contribution in [0.3, 0.4) is 0 Å². The van der Waals surface area contributed by atoms with Crippen LogP contribution in [-0.4, -0.2) is 26.1 Å². The Morgan fingerprint density at radius 2 is 1.00 bits per heavy atom. The van der Waals surface area contributed by atoms with Crippen molar-refractivity contribution in [3.8, 4) is 39.3 Å². The Balaban J connectivity index is 1.30. The van der Waals surface area contributed by atoms with Gasteiger partial charge in [-0.1, -0.05) is 115 Å². The van der Waals surface area contributed by atoms with E-state index in [-0.39, 0.29) is 11.6 Å². The maximum atomic E-state index is 14.6. The molecule has 0 radical (unpaired) electrons. The first-order valence-electron chi connectivity index (χ1n) is 16.0. The van der Waals surface area contributed by atoms with Crippen molar-refractivity contribution in [2.24, 2.45) is 0 Å². The summed E-state index contributed by atoms with van der Waals surface area (Å²) in [5.74, 6) is -1.29. The van der Waals surface area contributed by atoms with Crippen molar-refractivity contribution in [1.29, 1.82) is 0 Å². The van der Waals surface area contributed by atoms with Crippen LogP contribution in [0.15, 0.2) is 158 Å². The first-order valence-corrected chi connectivity index (χ1v) is 16.0. The van der Waals surface area contributed by atoms with E-state index < -0.39 is 5.92 Å². The van der Waals surface area contributed by atoms with Gasteiger partial charge in [0.1, 0.15) is 5.92 Å². The maximum absolute atomic E-state index is 14.6. The van der Waals surface area contributed by atoms with Gasteiger partial charge in [-0.25, -0.2) is 0 Å². The highest BCUT2D eigenvalue weighted by Gasteiger charge is 2.42. The van der Waals surface area contributed by atoms with Crippen LogP contribution in [0.4, 0.5) is 0 Å². The molecule has 9 rings (SSSR count). The van der Waals surface area contributed by atoms with Gasteiger partial charge >= 0.3 is 0 Å². The average Bonchev–Trinajstić information content (AvgIpc) is 3.63. The number of ketones is 2. The van der Waals surface area contributed by atoms with E-state index in [1.54, 1.807) is 18.5 Å². The van der Waals surface area contributed by atoms with Crippen LogP contribution in [0.1, 0.15) is 32.2 Å². The number of fused-ring (bicyclic) bond motifs is 4. The molecule has 1 aliphatic rings. The van der Waals surface area contributed by atoms with Gasteiger partial charge in [-0.3, -0.25) is 19.6 Å². The van der Waals surface area contributed by atoms with Gasteiger partial charge in [0, 0.05) is 39.9 Å². The second-order valence-electron chi connectivity index (χ2n) is 12.0. The lowest BCUT2D eigenvalue weighted by Gasteiger charge is -2.16. The Bertz CT molecular complexity index is 2420. The molecule has 0 saturated carbocycles. The molecule has 5 aromatic carbocycles. The molecule has 3 aromatic heterocycles. The molecule has 226 valence electrons. The molecule has 1 unspecified atom stereocenters. The molecule has 0 fully saturated rings. The van der Waals surface area contributed by atoms with Gasteiger partial charge in [-0.2, -0.15) is 0 Å². The normalized spacial score (nSPS) is 14.1. The van der Waals surface area contributed by atoms with Crippen molar-refractivity contribution in [2.45, 2.75) is 5.92 Å². The summed E-state index contributed by atoms with van der Waals surface area (Å²) >= 11 is 0. The van der Waals surface area contributed by atoms with Crippen molar-refractivity contribution in [3.05, 3.63) is 175 Å². The summed E-state index contributed by atoms with van der Waals surface area (Å²) < 4.78 is 2.16. The fraction of sp³-hybridized carbons (Fsp3) is 0.0233. The SMILES string of the molecule is O=C1c2cccc(-n3c4c(-c5ccccn5)cccc4c4cccc(-c5ccccn5)c43)c2C(=O)C1c1ccc(-c2ccccc2)cc1. The number of rotatable bonds is 5. The first kappa shape index (κ1) is 27.8. The lowest BCUT2D eigenvalue weighted by Crippen LogP contribution is -2.13. The predicted octanol–water partition coefficient (Wildman–Crippen LogP) is 9.74. The summed E-state index contributed by atoms with van der Waals surface area (Å²) in [4.78, 5) is 38.2. The van der Waals surface area contributed by atoms with Gasteiger partial charge < -0.3 is 4.57 Å². The van der Waals surface area contributed by atoms with Crippen LogP contribution in [0.5, 0.6) is 0 Å². The van der Waals surface area contributed by atoms with Gasteiger partial charge in [-0.15, -0.1) is 0 Å². The molecular formula is C43H27N3O2. The molecule has 3 heterocycles. The zero-order valence-electron chi connectivity index (χ0n) is 25.7. The molecular weight excluding hydrogens is 590 g/mol. The second-order valence-corrected chi connectivity index (χ2v) is 12.0. The monoisotopic (exact) mass is 617 g/mol. The third kappa shape index (κ3) is 4.25. The first-order chi connectivity index (χ1) is 23.7. The smallest absolute Gasteiger partial charge is 0.180 e. The van der Waals surface area contributed by atoms with E-state index in [2.05, 4.69) is 28.8 Å². The van der Waals surface area contributed by atoms with Crippen molar-refractivity contribution in [3.63, 3.8) is 0 Å². The molecule has 1 atom stereocenters. The van der Waals surface area contributed by atoms with E-state index in [0.29, 0.717) is 22.4 Å². The number of para-hydroxylation sites is 2. The number of hydrogen-bond acceptors (Lipinski definition) is 4. The Hall–Kier alpha value is -6.46. The number of Topliss-reactive ketones (excluding diaryl/α,β-unsaturated/α-hetero) is 2. The zero-order chi connectivity index (χ0) is 32.2. The zero-order valence-corrected chi connectivity index (χ0v) is 25.7. The molecule has 0 saturated heterocycles. The summed E-state index contributed by atoms with van der Waals surface area (Å²) in [6, 6.07) is 47.7. The molecule has 8 aromatic rings. The predicted molar refractivity (Wildman–Crippen MR) is 191 cm³/mol. The highest BCUT2D eigenvalue weighted by molar-refractivity contribution is 6.31. The number of carbonyl (C=O) groups is 2. The van der Waals surface area contributed by atoms with Gasteiger partial charge in [0.15, 0.2) is 11.6 Å². The summed E-state index contributed by atoms with van der Waals surface area (Å²) in [5, 5.41) is 2.04. The number of hydrogen-bond donors (Lipinski definition) is 0. The van der Waals surface area contributed by atoms with Crippen molar-refractivity contribution in [2.75, 3.05) is 0 Å². The van der Waals surface area contributed by atoms with E-state index >= 15 is 0 Å². The topological polar surface area (TPSA) is 64.8 Å². The van der Waals surface area contributed by atoms with Gasteiger partial charge in [-0.05, 0) is 47.0 Å². The molecule has 0 N–H and O–H groups in total. The Kier molecular flexibility index (Phi) is 6.44. The minimum Gasteiger partial charge on any atom is -0.307 e. The van der Waals surface area contributed by atoms with Gasteiger partial charge in [0.05, 0.1) is 33.7 Å². The summed E-state index contributed by atoms with van der Waals surface area (Å²) in [7, 11) is 0. The highest BCUT2D eigenvalue weighted by atomic mass is 16.2. The summed E-state index contributed by atoms with van der Waals surface area (Å²) in [6.07, 6.45) is 3.58. The van der Waals surface area contributed by atoms with E-state index in [1.165, 1.54) is 0 Å². The van der Waals surface area contributed by atoms with Crippen LogP contribution in [0.25, 0.3) is 61.1 Å². The number of pyridine rings is 2. The highest BCUT2D eigenvalue weighted by Crippen LogP contribution is 2.44. The van der Waals surface area contributed by atoms with E-state index in [9.17, 15) is 9.59 Å². The Labute approximate surface area is 276 Å². The minimum absolute atomic E-state index is 0.181. The quantitative estimate of drug-likeness (QED) is 0.180. The lowest BCUT2D eigenvalue weighted by molar-refractivity contribution is 0.0890. The van der Waals surface area contributed by atoms with Crippen LogP contribution in [0, 0.1) is 0 Å². The molecule has 0 bridgehead atoms. The molecule has 48 heavy (non-hydrogen) atoms. The molecule has 0 amide bonds. The van der Waals surface area contributed by atoms with Gasteiger partial charge in [0.2, 0.25) is 0 Å². The Morgan fingerprint density at radius 1 is 0.458 bits per heavy atom. The largest absolute Gasteiger partial charge is 0.307 e. The maximum Gasteiger partial charge on any atom is 0.180 e. The summed E-state index contributed by atoms with van der Waals surface area (Å²) in [6.45, 7) is 0. The van der Waals surface area contributed by atoms with Crippen LogP contribution < -0.4 is 0 Å². The number of nitrogens with zero attached hydrogens (tertiary/aromatic N) is 3. The Morgan fingerprint density at radius 3 is 1.58 bits per heavy atom. The van der Waals surface area contributed by atoms with E-state index in [1.807, 2.05) is 115 Å². The molecule has 0 aliphatic heterocycles. The second kappa shape index (κ2) is 11.1. The van der Waals surface area contributed by atoms with Crippen molar-refractivity contribution in [1.82, 2.24) is 14.5 Å². The average molecular weight is 618 g/mol. The van der Waals surface area contributed by atoms with E-state index in [4.69, 9.17) is 9.97 Å². The van der Waals surface area contributed by atoms with Gasteiger partial charge in [0.25, 0.3) is 0 Å². The third-order valence-corrected chi connectivity index (χ3v) is 9.36. The van der Waals surface area contributed by atoms with Crippen LogP contribution in [0.2, 0.25) is 0 Å². The summed E-state index contributed by atoms with van der Waals surface area (Å²) in [5.41, 5.74) is 9.67. The van der Waals surface area contributed by atoms with Crippen LogP contribution in [-0.2, 0) is 0 Å². The van der Waals surface area contributed by atoms with Crippen LogP contribution >= 0.6 is 0 Å². The molecule has 5 heteroatoms. The number of aromatic nitrogens is 3. The molecule has 5 nitrogen and oxygen atoms in total. The molecule has 1 aliphatic carbocycles. The van der Waals surface area contributed by atoms with Crippen molar-refractivity contribution >= 4 is 33.4 Å². The fourth-order valence-corrected chi connectivity index (χ4v) is 7.22. The number of benzene rings is 5.